The van der Waals surface area contributed by atoms with Crippen LogP contribution in [-0.2, 0) is 5.41 Å². The second kappa shape index (κ2) is 8.39. The van der Waals surface area contributed by atoms with Crippen LogP contribution >= 0.6 is 0 Å². The maximum Gasteiger partial charge on any atom is 0.0456 e. The molecular formula is C32H38. The van der Waals surface area contributed by atoms with Crippen LogP contribution in [0.15, 0.2) is 107 Å². The maximum absolute atomic E-state index is 2.57. The molecule has 0 aliphatic heterocycles. The molecule has 32 heavy (non-hydrogen) atoms. The summed E-state index contributed by atoms with van der Waals surface area (Å²) in [6.07, 6.45) is 13.1. The second-order valence-corrected chi connectivity index (χ2v) is 9.69. The Kier molecular flexibility index (Phi) is 5.93. The van der Waals surface area contributed by atoms with E-state index in [2.05, 4.69) is 127 Å². The molecule has 0 amide bonds. The first-order valence-electron chi connectivity index (χ1n) is 12.3. The van der Waals surface area contributed by atoms with E-state index >= 15 is 0 Å². The van der Waals surface area contributed by atoms with Gasteiger partial charge in [-0.3, -0.25) is 0 Å². The fourth-order valence-corrected chi connectivity index (χ4v) is 7.03. The third-order valence-electron chi connectivity index (χ3n) is 8.69. The van der Waals surface area contributed by atoms with Gasteiger partial charge in [-0.2, -0.15) is 0 Å². The van der Waals surface area contributed by atoms with Crippen molar-refractivity contribution in [2.45, 2.75) is 66.2 Å². The Bertz CT molecular complexity index is 1050. The summed E-state index contributed by atoms with van der Waals surface area (Å²) in [5.74, 6) is 0. The highest BCUT2D eigenvalue weighted by Gasteiger charge is 2.63. The van der Waals surface area contributed by atoms with E-state index < -0.39 is 0 Å². The van der Waals surface area contributed by atoms with Crippen molar-refractivity contribution in [1.82, 2.24) is 0 Å². The smallest absolute Gasteiger partial charge is 0.0456 e. The lowest BCUT2D eigenvalue weighted by atomic mass is 9.42. The van der Waals surface area contributed by atoms with Gasteiger partial charge in [0.15, 0.2) is 0 Å². The molecule has 0 N–H and O–H groups in total. The van der Waals surface area contributed by atoms with Crippen molar-refractivity contribution in [3.63, 3.8) is 0 Å². The highest BCUT2D eigenvalue weighted by Crippen LogP contribution is 2.68. The van der Waals surface area contributed by atoms with Crippen LogP contribution in [0, 0.1) is 10.8 Å². The largest absolute Gasteiger partial charge is 0.0730 e. The molecule has 0 aromatic heterocycles. The molecule has 2 aromatic rings. The Morgan fingerprint density at radius 3 is 1.69 bits per heavy atom. The van der Waals surface area contributed by atoms with Gasteiger partial charge in [0.2, 0.25) is 0 Å². The molecule has 2 atom stereocenters. The Balaban J connectivity index is 2.24. The van der Waals surface area contributed by atoms with E-state index in [0.29, 0.717) is 0 Å². The molecule has 2 unspecified atom stereocenters. The molecule has 0 heterocycles. The van der Waals surface area contributed by atoms with Crippen LogP contribution < -0.4 is 0 Å². The second-order valence-electron chi connectivity index (χ2n) is 9.69. The van der Waals surface area contributed by atoms with E-state index in [4.69, 9.17) is 0 Å². The van der Waals surface area contributed by atoms with Crippen LogP contribution in [0.1, 0.15) is 71.9 Å². The molecule has 0 spiro atoms. The van der Waals surface area contributed by atoms with E-state index in [1.54, 1.807) is 5.57 Å². The van der Waals surface area contributed by atoms with Gasteiger partial charge in [-0.1, -0.05) is 129 Å². The summed E-state index contributed by atoms with van der Waals surface area (Å²) in [5, 5.41) is 0. The lowest BCUT2D eigenvalue weighted by Crippen LogP contribution is -2.56. The van der Waals surface area contributed by atoms with Gasteiger partial charge in [0.25, 0.3) is 0 Å². The van der Waals surface area contributed by atoms with Crippen molar-refractivity contribution in [2.24, 2.45) is 10.8 Å². The molecule has 0 heteroatoms. The third kappa shape index (κ3) is 2.81. The van der Waals surface area contributed by atoms with Crippen molar-refractivity contribution in [1.29, 1.82) is 0 Å². The van der Waals surface area contributed by atoms with Crippen molar-refractivity contribution in [2.75, 3.05) is 0 Å². The van der Waals surface area contributed by atoms with Crippen molar-refractivity contribution >= 4 is 0 Å². The Morgan fingerprint density at radius 1 is 0.719 bits per heavy atom. The first-order valence-corrected chi connectivity index (χ1v) is 12.3. The molecule has 0 fully saturated rings. The monoisotopic (exact) mass is 422 g/mol. The maximum atomic E-state index is 2.57. The first kappa shape index (κ1) is 22.6. The Morgan fingerprint density at radius 2 is 1.28 bits per heavy atom. The average Bonchev–Trinajstić information content (AvgIpc) is 3.34. The molecular weight excluding hydrogens is 384 g/mol. The summed E-state index contributed by atoms with van der Waals surface area (Å²) in [4.78, 5) is 0. The van der Waals surface area contributed by atoms with Crippen molar-refractivity contribution in [3.05, 3.63) is 118 Å². The number of hydrogen-bond acceptors (Lipinski definition) is 0. The number of benzene rings is 2. The van der Waals surface area contributed by atoms with Gasteiger partial charge in [0.05, 0.1) is 0 Å². The van der Waals surface area contributed by atoms with Crippen LogP contribution in [0.2, 0.25) is 0 Å². The van der Waals surface area contributed by atoms with Gasteiger partial charge < -0.3 is 0 Å². The van der Waals surface area contributed by atoms with Crippen LogP contribution in [0.5, 0.6) is 0 Å². The van der Waals surface area contributed by atoms with Crippen LogP contribution in [0.4, 0.5) is 0 Å². The van der Waals surface area contributed by atoms with Crippen molar-refractivity contribution < 1.29 is 0 Å². The third-order valence-corrected chi connectivity index (χ3v) is 8.69. The zero-order chi connectivity index (χ0) is 23.0. The van der Waals surface area contributed by atoms with E-state index in [1.807, 2.05) is 0 Å². The number of allylic oxidation sites excluding steroid dienone is 8. The van der Waals surface area contributed by atoms with Gasteiger partial charge >= 0.3 is 0 Å². The minimum absolute atomic E-state index is 0.0965. The van der Waals surface area contributed by atoms with E-state index in [9.17, 15) is 0 Å². The Labute approximate surface area is 195 Å². The molecule has 0 nitrogen and oxygen atoms in total. The van der Waals surface area contributed by atoms with Gasteiger partial charge in [0.1, 0.15) is 0 Å². The SMILES string of the molecule is CCC1=C(CC)C(CC)(C(c2ccccc2)(c2ccccc2)C2(C)C=CC(C)=C2C)C=C1. The molecule has 2 aromatic carbocycles. The fourth-order valence-electron chi connectivity index (χ4n) is 7.03. The van der Waals surface area contributed by atoms with Gasteiger partial charge in [-0.05, 0) is 49.8 Å². The lowest BCUT2D eigenvalue weighted by molar-refractivity contribution is 0.146. The number of hydrogen-bond donors (Lipinski definition) is 0. The van der Waals surface area contributed by atoms with Crippen LogP contribution in [0.3, 0.4) is 0 Å². The highest BCUT2D eigenvalue weighted by atomic mass is 14.6. The zero-order valence-corrected chi connectivity index (χ0v) is 20.7. The van der Waals surface area contributed by atoms with E-state index in [1.165, 1.54) is 27.8 Å². The van der Waals surface area contributed by atoms with E-state index in [0.717, 1.165) is 19.3 Å². The lowest BCUT2D eigenvalue weighted by Gasteiger charge is -2.59. The molecule has 4 rings (SSSR count). The normalized spacial score (nSPS) is 25.3. The molecule has 0 bridgehead atoms. The van der Waals surface area contributed by atoms with Gasteiger partial charge in [-0.25, -0.2) is 0 Å². The summed E-state index contributed by atoms with van der Waals surface area (Å²) in [6, 6.07) is 22.7. The molecule has 2 aliphatic carbocycles. The summed E-state index contributed by atoms with van der Waals surface area (Å²) in [6.45, 7) is 14.2. The van der Waals surface area contributed by atoms with Gasteiger partial charge in [-0.15, -0.1) is 0 Å². The molecule has 2 aliphatic rings. The molecule has 166 valence electrons. The predicted molar refractivity (Wildman–Crippen MR) is 139 cm³/mol. The topological polar surface area (TPSA) is 0 Å². The molecule has 0 radical (unpaired) electrons. The highest BCUT2D eigenvalue weighted by molar-refractivity contribution is 5.61. The minimum Gasteiger partial charge on any atom is -0.0730 e. The quantitative estimate of drug-likeness (QED) is 0.417. The van der Waals surface area contributed by atoms with E-state index in [-0.39, 0.29) is 16.2 Å². The summed E-state index contributed by atoms with van der Waals surface area (Å²) < 4.78 is 0. The van der Waals surface area contributed by atoms with Crippen molar-refractivity contribution in [3.8, 4) is 0 Å². The predicted octanol–water partition coefficient (Wildman–Crippen LogP) is 8.97. The first-order chi connectivity index (χ1) is 15.4. The van der Waals surface area contributed by atoms with Gasteiger partial charge in [0, 0.05) is 16.2 Å². The summed E-state index contributed by atoms with van der Waals surface area (Å²) >= 11 is 0. The fraction of sp³-hybridized carbons (Fsp3) is 0.375. The summed E-state index contributed by atoms with van der Waals surface area (Å²) in [7, 11) is 0. The van der Waals surface area contributed by atoms with Crippen LogP contribution in [0.25, 0.3) is 0 Å². The zero-order valence-electron chi connectivity index (χ0n) is 20.7. The molecule has 0 saturated heterocycles. The minimum atomic E-state index is -0.256. The van der Waals surface area contributed by atoms with Crippen LogP contribution in [-0.4, -0.2) is 0 Å². The summed E-state index contributed by atoms with van der Waals surface area (Å²) in [5.41, 5.74) is 8.32. The average molecular weight is 423 g/mol. The standard InChI is InChI=1S/C32H38/c1-7-26-21-23-31(9-3,29(26)8-2)32(27-16-12-10-13-17-27,28-18-14-11-15-19-28)30(6)22-20-24(4)25(30)5/h10-23H,7-9H2,1-6H3. The number of rotatable bonds is 7. The molecule has 0 saturated carbocycles. The Hall–Kier alpha value is -2.60.